The lowest BCUT2D eigenvalue weighted by Gasteiger charge is -2.14. The first-order valence-corrected chi connectivity index (χ1v) is 8.95. The molecule has 0 spiro atoms. The average molecular weight is 387 g/mol. The van der Waals surface area contributed by atoms with Gasteiger partial charge in [0.1, 0.15) is 11.3 Å². The summed E-state index contributed by atoms with van der Waals surface area (Å²) in [5, 5.41) is 1.38. The van der Waals surface area contributed by atoms with Crippen LogP contribution in [0.5, 0.6) is 5.75 Å². The van der Waals surface area contributed by atoms with E-state index in [1.54, 1.807) is 56.3 Å². The van der Waals surface area contributed by atoms with Crippen LogP contribution in [-0.4, -0.2) is 18.7 Å². The molecule has 6 heteroatoms. The molecule has 0 radical (unpaired) electrons. The quantitative estimate of drug-likeness (QED) is 0.467. The summed E-state index contributed by atoms with van der Waals surface area (Å²) in [6, 6.07) is 12.2. The van der Waals surface area contributed by atoms with E-state index in [0.717, 1.165) is 16.5 Å². The maximum atomic E-state index is 12.6. The van der Waals surface area contributed by atoms with Crippen molar-refractivity contribution < 1.29 is 18.7 Å². The first kappa shape index (κ1) is 19.0. The summed E-state index contributed by atoms with van der Waals surface area (Å²) in [6.45, 7) is 5.49. The number of hydrogen-bond acceptors (Lipinski definition) is 5. The topological polar surface area (TPSA) is 65.7 Å². The van der Waals surface area contributed by atoms with E-state index < -0.39 is 17.7 Å². The fourth-order valence-corrected chi connectivity index (χ4v) is 3.00. The zero-order valence-electron chi connectivity index (χ0n) is 15.2. The van der Waals surface area contributed by atoms with Crippen molar-refractivity contribution in [3.05, 3.63) is 63.5 Å². The third kappa shape index (κ3) is 3.98. The highest BCUT2D eigenvalue weighted by Crippen LogP contribution is 2.29. The van der Waals surface area contributed by atoms with Crippen LogP contribution in [0.1, 0.15) is 19.4 Å². The van der Waals surface area contributed by atoms with E-state index in [0.29, 0.717) is 21.9 Å². The van der Waals surface area contributed by atoms with Crippen molar-refractivity contribution >= 4 is 28.5 Å². The Labute approximate surface area is 161 Å². The van der Waals surface area contributed by atoms with Crippen LogP contribution in [0.3, 0.4) is 0 Å². The summed E-state index contributed by atoms with van der Waals surface area (Å²) >= 11 is 5.93. The van der Waals surface area contributed by atoms with Crippen molar-refractivity contribution in [2.45, 2.75) is 26.9 Å². The Morgan fingerprint density at radius 1 is 1.19 bits per heavy atom. The van der Waals surface area contributed by atoms with Crippen LogP contribution in [0.4, 0.5) is 0 Å². The SMILES string of the molecule is CCOC(=O)C(C)Oc1ccc2c(C)c(-c3ccc(Cl)cc3)c(=O)oc2c1. The first-order chi connectivity index (χ1) is 12.9. The van der Waals surface area contributed by atoms with Gasteiger partial charge in [-0.2, -0.15) is 0 Å². The average Bonchev–Trinajstić information content (AvgIpc) is 2.63. The van der Waals surface area contributed by atoms with Gasteiger partial charge < -0.3 is 13.9 Å². The predicted octanol–water partition coefficient (Wildman–Crippen LogP) is 4.75. The molecule has 5 nitrogen and oxygen atoms in total. The van der Waals surface area contributed by atoms with Gasteiger partial charge in [0.25, 0.3) is 0 Å². The van der Waals surface area contributed by atoms with Crippen LogP contribution in [0.25, 0.3) is 22.1 Å². The Morgan fingerprint density at radius 3 is 2.56 bits per heavy atom. The van der Waals surface area contributed by atoms with E-state index in [1.807, 2.05) is 6.92 Å². The van der Waals surface area contributed by atoms with Gasteiger partial charge in [-0.15, -0.1) is 0 Å². The Morgan fingerprint density at radius 2 is 1.89 bits per heavy atom. The number of rotatable bonds is 5. The Kier molecular flexibility index (Phi) is 5.51. The van der Waals surface area contributed by atoms with E-state index in [2.05, 4.69) is 0 Å². The first-order valence-electron chi connectivity index (χ1n) is 8.57. The summed E-state index contributed by atoms with van der Waals surface area (Å²) in [5.41, 5.74) is 1.98. The van der Waals surface area contributed by atoms with Gasteiger partial charge in [-0.25, -0.2) is 9.59 Å². The van der Waals surface area contributed by atoms with Crippen molar-refractivity contribution in [3.63, 3.8) is 0 Å². The van der Waals surface area contributed by atoms with Gasteiger partial charge in [-0.3, -0.25) is 0 Å². The molecular weight excluding hydrogens is 368 g/mol. The number of ether oxygens (including phenoxy) is 2. The monoisotopic (exact) mass is 386 g/mol. The molecule has 27 heavy (non-hydrogen) atoms. The van der Waals surface area contributed by atoms with E-state index in [1.165, 1.54) is 0 Å². The summed E-state index contributed by atoms with van der Waals surface area (Å²) in [6.07, 6.45) is -0.761. The number of hydrogen-bond donors (Lipinski definition) is 0. The minimum atomic E-state index is -0.761. The highest BCUT2D eigenvalue weighted by atomic mass is 35.5. The van der Waals surface area contributed by atoms with Crippen LogP contribution in [0.2, 0.25) is 5.02 Å². The second kappa shape index (κ2) is 7.84. The number of carbonyl (C=O) groups excluding carboxylic acids is 1. The Bertz CT molecular complexity index is 1040. The largest absolute Gasteiger partial charge is 0.479 e. The number of carbonyl (C=O) groups is 1. The second-order valence-corrected chi connectivity index (χ2v) is 6.50. The molecule has 0 saturated heterocycles. The normalized spacial score (nSPS) is 12.0. The smallest absolute Gasteiger partial charge is 0.347 e. The lowest BCUT2D eigenvalue weighted by molar-refractivity contribution is -0.150. The predicted molar refractivity (Wildman–Crippen MR) is 104 cm³/mol. The van der Waals surface area contributed by atoms with Crippen LogP contribution >= 0.6 is 11.6 Å². The molecule has 1 heterocycles. The van der Waals surface area contributed by atoms with Gasteiger partial charge in [-0.1, -0.05) is 23.7 Å². The Balaban J connectivity index is 2.00. The van der Waals surface area contributed by atoms with Gasteiger partial charge in [0.15, 0.2) is 6.10 Å². The van der Waals surface area contributed by atoms with Crippen molar-refractivity contribution in [2.75, 3.05) is 6.61 Å². The molecule has 2 aromatic carbocycles. The molecule has 140 valence electrons. The molecule has 0 fully saturated rings. The van der Waals surface area contributed by atoms with Crippen molar-refractivity contribution in [1.29, 1.82) is 0 Å². The van der Waals surface area contributed by atoms with Crippen molar-refractivity contribution in [1.82, 2.24) is 0 Å². The van der Waals surface area contributed by atoms with Crippen LogP contribution in [0.15, 0.2) is 51.7 Å². The fraction of sp³-hybridized carbons (Fsp3) is 0.238. The minimum absolute atomic E-state index is 0.284. The molecule has 1 atom stereocenters. The van der Waals surface area contributed by atoms with Gasteiger partial charge in [0, 0.05) is 16.5 Å². The highest BCUT2D eigenvalue weighted by Gasteiger charge is 2.18. The van der Waals surface area contributed by atoms with Crippen LogP contribution < -0.4 is 10.4 Å². The summed E-state index contributed by atoms with van der Waals surface area (Å²) < 4.78 is 16.0. The lowest BCUT2D eigenvalue weighted by atomic mass is 9.99. The van der Waals surface area contributed by atoms with Gasteiger partial charge in [0.05, 0.1) is 12.2 Å². The summed E-state index contributed by atoms with van der Waals surface area (Å²) in [7, 11) is 0. The highest BCUT2D eigenvalue weighted by molar-refractivity contribution is 6.30. The third-order valence-electron chi connectivity index (χ3n) is 4.20. The molecule has 3 rings (SSSR count). The summed E-state index contributed by atoms with van der Waals surface area (Å²) in [5.74, 6) is -0.0295. The lowest BCUT2D eigenvalue weighted by Crippen LogP contribution is -2.26. The second-order valence-electron chi connectivity index (χ2n) is 6.07. The van der Waals surface area contributed by atoms with E-state index in [-0.39, 0.29) is 6.61 Å². The molecule has 0 amide bonds. The van der Waals surface area contributed by atoms with Gasteiger partial charge in [-0.05, 0) is 56.2 Å². The number of fused-ring (bicyclic) bond motifs is 1. The number of halogens is 1. The molecular formula is C21H19ClO5. The van der Waals surface area contributed by atoms with Crippen molar-refractivity contribution in [3.8, 4) is 16.9 Å². The van der Waals surface area contributed by atoms with Crippen molar-refractivity contribution in [2.24, 2.45) is 0 Å². The molecule has 0 aliphatic carbocycles. The standard InChI is InChI=1S/C21H19ClO5/c1-4-25-20(23)13(3)26-16-9-10-17-12(2)19(21(24)27-18(17)11-16)14-5-7-15(22)8-6-14/h5-11,13H,4H2,1-3H3. The van der Waals surface area contributed by atoms with Gasteiger partial charge in [0.2, 0.25) is 0 Å². The van der Waals surface area contributed by atoms with Crippen LogP contribution in [-0.2, 0) is 9.53 Å². The molecule has 0 aliphatic heterocycles. The summed E-state index contributed by atoms with van der Waals surface area (Å²) in [4.78, 5) is 24.3. The number of benzene rings is 2. The molecule has 0 N–H and O–H groups in total. The number of aryl methyl sites for hydroxylation is 1. The third-order valence-corrected chi connectivity index (χ3v) is 4.46. The van der Waals surface area contributed by atoms with Crippen LogP contribution in [0, 0.1) is 6.92 Å². The Hall–Kier alpha value is -2.79. The zero-order valence-corrected chi connectivity index (χ0v) is 16.0. The minimum Gasteiger partial charge on any atom is -0.479 e. The zero-order chi connectivity index (χ0) is 19.6. The van der Waals surface area contributed by atoms with E-state index in [9.17, 15) is 9.59 Å². The molecule has 0 aliphatic rings. The molecule has 0 saturated carbocycles. The molecule has 1 aromatic heterocycles. The number of esters is 1. The van der Waals surface area contributed by atoms with E-state index >= 15 is 0 Å². The molecule has 0 bridgehead atoms. The molecule has 3 aromatic rings. The maximum absolute atomic E-state index is 12.6. The molecule has 1 unspecified atom stereocenters. The van der Waals surface area contributed by atoms with Gasteiger partial charge >= 0.3 is 11.6 Å². The fourth-order valence-electron chi connectivity index (χ4n) is 2.87. The van der Waals surface area contributed by atoms with E-state index in [4.69, 9.17) is 25.5 Å². The maximum Gasteiger partial charge on any atom is 0.347 e.